The van der Waals surface area contributed by atoms with Crippen molar-refractivity contribution in [3.05, 3.63) is 113 Å². The maximum absolute atomic E-state index is 5.37. The van der Waals surface area contributed by atoms with Crippen LogP contribution in [0.3, 0.4) is 0 Å². The van der Waals surface area contributed by atoms with E-state index in [1.807, 2.05) is 18.2 Å². The predicted molar refractivity (Wildman–Crippen MR) is 139 cm³/mol. The lowest BCUT2D eigenvalue weighted by atomic mass is 10.1. The minimum Gasteiger partial charge on any atom is -0.497 e. The molecule has 0 saturated heterocycles. The Morgan fingerprint density at radius 1 is 0.515 bits per heavy atom. The molecule has 4 aromatic rings. The van der Waals surface area contributed by atoms with E-state index >= 15 is 0 Å². The number of rotatable bonds is 7. The smallest absolute Gasteiger partial charge is 0.123 e. The quantitative estimate of drug-likeness (QED) is 0.275. The second kappa shape index (κ2) is 10.1. The number of anilines is 3. The fourth-order valence-electron chi connectivity index (χ4n) is 3.69. The molecule has 0 radical (unpaired) electrons. The van der Waals surface area contributed by atoms with Crippen molar-refractivity contribution in [3.8, 4) is 11.5 Å². The molecule has 3 nitrogen and oxygen atoms in total. The second-order valence-electron chi connectivity index (χ2n) is 8.08. The molecular formula is C30H29NO2. The van der Waals surface area contributed by atoms with Crippen LogP contribution in [0.4, 0.5) is 17.1 Å². The van der Waals surface area contributed by atoms with Gasteiger partial charge in [0.1, 0.15) is 11.5 Å². The molecule has 166 valence electrons. The van der Waals surface area contributed by atoms with Crippen molar-refractivity contribution in [1.29, 1.82) is 0 Å². The SMILES string of the molecule is COc1cc(/C=C/c2ccc(N(c3ccc(C)cc3)c3ccc(C)cc3)cc2)cc(OC)c1. The van der Waals surface area contributed by atoms with Crippen molar-refractivity contribution >= 4 is 29.2 Å². The first-order valence-electron chi connectivity index (χ1n) is 11.0. The van der Waals surface area contributed by atoms with Crippen LogP contribution in [0.5, 0.6) is 11.5 Å². The molecule has 4 rings (SSSR count). The zero-order valence-corrected chi connectivity index (χ0v) is 19.6. The van der Waals surface area contributed by atoms with Crippen molar-refractivity contribution in [2.24, 2.45) is 0 Å². The monoisotopic (exact) mass is 435 g/mol. The van der Waals surface area contributed by atoms with Crippen molar-refractivity contribution in [1.82, 2.24) is 0 Å². The summed E-state index contributed by atoms with van der Waals surface area (Å²) >= 11 is 0. The fraction of sp³-hybridized carbons (Fsp3) is 0.133. The van der Waals surface area contributed by atoms with Gasteiger partial charge in [-0.3, -0.25) is 0 Å². The molecule has 0 bridgehead atoms. The van der Waals surface area contributed by atoms with Crippen molar-refractivity contribution in [2.45, 2.75) is 13.8 Å². The van der Waals surface area contributed by atoms with E-state index in [1.165, 1.54) is 11.1 Å². The van der Waals surface area contributed by atoms with E-state index in [0.29, 0.717) is 0 Å². The van der Waals surface area contributed by atoms with Gasteiger partial charge in [-0.15, -0.1) is 0 Å². The van der Waals surface area contributed by atoms with Gasteiger partial charge in [-0.2, -0.15) is 0 Å². The van der Waals surface area contributed by atoms with Gasteiger partial charge in [-0.05, 0) is 73.5 Å². The first-order chi connectivity index (χ1) is 16.1. The molecule has 0 N–H and O–H groups in total. The van der Waals surface area contributed by atoms with Crippen LogP contribution in [0.25, 0.3) is 12.2 Å². The average molecular weight is 436 g/mol. The van der Waals surface area contributed by atoms with Crippen LogP contribution in [0, 0.1) is 13.8 Å². The maximum atomic E-state index is 5.37. The lowest BCUT2D eigenvalue weighted by Crippen LogP contribution is -2.09. The van der Waals surface area contributed by atoms with Gasteiger partial charge in [-0.1, -0.05) is 59.7 Å². The summed E-state index contributed by atoms with van der Waals surface area (Å²) in [5.41, 5.74) is 8.02. The predicted octanol–water partition coefficient (Wildman–Crippen LogP) is 7.96. The molecule has 0 aromatic heterocycles. The zero-order valence-electron chi connectivity index (χ0n) is 19.6. The Morgan fingerprint density at radius 3 is 1.33 bits per heavy atom. The molecule has 0 amide bonds. The zero-order chi connectivity index (χ0) is 23.2. The van der Waals surface area contributed by atoms with Gasteiger partial charge in [0.05, 0.1) is 14.2 Å². The highest BCUT2D eigenvalue weighted by Gasteiger charge is 2.12. The van der Waals surface area contributed by atoms with Gasteiger partial charge in [-0.25, -0.2) is 0 Å². The molecule has 0 aliphatic carbocycles. The number of ether oxygens (including phenoxy) is 2. The van der Waals surface area contributed by atoms with E-state index in [0.717, 1.165) is 39.7 Å². The molecule has 0 heterocycles. The summed E-state index contributed by atoms with van der Waals surface area (Å²) in [5.74, 6) is 1.55. The van der Waals surface area contributed by atoms with Crippen LogP contribution < -0.4 is 14.4 Å². The lowest BCUT2D eigenvalue weighted by molar-refractivity contribution is 0.394. The van der Waals surface area contributed by atoms with E-state index in [1.54, 1.807) is 14.2 Å². The second-order valence-corrected chi connectivity index (χ2v) is 8.08. The molecule has 0 saturated carbocycles. The number of nitrogens with zero attached hydrogens (tertiary/aromatic N) is 1. The highest BCUT2D eigenvalue weighted by molar-refractivity contribution is 5.78. The third-order valence-corrected chi connectivity index (χ3v) is 5.58. The lowest BCUT2D eigenvalue weighted by Gasteiger charge is -2.25. The molecule has 0 unspecified atom stereocenters. The number of aryl methyl sites for hydroxylation is 2. The summed E-state index contributed by atoms with van der Waals surface area (Å²) in [7, 11) is 3.32. The number of methoxy groups -OCH3 is 2. The Hall–Kier alpha value is -3.98. The fourth-order valence-corrected chi connectivity index (χ4v) is 3.69. The van der Waals surface area contributed by atoms with Crippen LogP contribution >= 0.6 is 0 Å². The Labute approximate surface area is 196 Å². The van der Waals surface area contributed by atoms with Crippen molar-refractivity contribution < 1.29 is 9.47 Å². The van der Waals surface area contributed by atoms with Crippen molar-refractivity contribution in [2.75, 3.05) is 19.1 Å². The summed E-state index contributed by atoms with van der Waals surface area (Å²) in [6.07, 6.45) is 4.16. The van der Waals surface area contributed by atoms with Crippen LogP contribution in [0.15, 0.2) is 91.0 Å². The highest BCUT2D eigenvalue weighted by atomic mass is 16.5. The summed E-state index contributed by atoms with van der Waals surface area (Å²) in [6.45, 7) is 4.22. The summed E-state index contributed by atoms with van der Waals surface area (Å²) in [4.78, 5) is 2.28. The van der Waals surface area contributed by atoms with Gasteiger partial charge in [0.2, 0.25) is 0 Å². The summed E-state index contributed by atoms with van der Waals surface area (Å²) in [5, 5.41) is 0. The Kier molecular flexibility index (Phi) is 6.80. The number of benzene rings is 4. The first kappa shape index (κ1) is 22.2. The van der Waals surface area contributed by atoms with Crippen LogP contribution in [-0.4, -0.2) is 14.2 Å². The van der Waals surface area contributed by atoms with E-state index in [4.69, 9.17) is 9.47 Å². The Morgan fingerprint density at radius 2 is 0.909 bits per heavy atom. The largest absolute Gasteiger partial charge is 0.497 e. The Balaban J connectivity index is 1.63. The van der Waals surface area contributed by atoms with Crippen molar-refractivity contribution in [3.63, 3.8) is 0 Å². The minimum absolute atomic E-state index is 0.774. The number of hydrogen-bond donors (Lipinski definition) is 0. The standard InChI is InChI=1S/C30H29NO2/c1-22-5-13-26(14-6-22)31(27-15-7-23(2)8-16-27)28-17-11-24(12-18-28)9-10-25-19-29(32-3)21-30(20-25)33-4/h5-21H,1-4H3/b10-9+. The molecule has 33 heavy (non-hydrogen) atoms. The highest BCUT2D eigenvalue weighted by Crippen LogP contribution is 2.35. The third kappa shape index (κ3) is 5.45. The van der Waals surface area contributed by atoms with Crippen LogP contribution in [0.1, 0.15) is 22.3 Å². The Bertz CT molecular complexity index is 1160. The third-order valence-electron chi connectivity index (χ3n) is 5.58. The van der Waals surface area contributed by atoms with E-state index in [2.05, 4.69) is 104 Å². The van der Waals surface area contributed by atoms with Gasteiger partial charge < -0.3 is 14.4 Å². The van der Waals surface area contributed by atoms with Gasteiger partial charge in [0.25, 0.3) is 0 Å². The molecular weight excluding hydrogens is 406 g/mol. The molecule has 0 aliphatic rings. The van der Waals surface area contributed by atoms with E-state index in [-0.39, 0.29) is 0 Å². The molecule has 3 heteroatoms. The normalized spacial score (nSPS) is 10.9. The van der Waals surface area contributed by atoms with E-state index in [9.17, 15) is 0 Å². The molecule has 0 aliphatic heterocycles. The molecule has 0 fully saturated rings. The van der Waals surface area contributed by atoms with Gasteiger partial charge in [0, 0.05) is 23.1 Å². The summed E-state index contributed by atoms with van der Waals surface area (Å²) in [6, 6.07) is 31.7. The molecule has 4 aromatic carbocycles. The maximum Gasteiger partial charge on any atom is 0.123 e. The number of hydrogen-bond acceptors (Lipinski definition) is 3. The first-order valence-corrected chi connectivity index (χ1v) is 11.0. The van der Waals surface area contributed by atoms with Crippen LogP contribution in [-0.2, 0) is 0 Å². The summed E-state index contributed by atoms with van der Waals surface area (Å²) < 4.78 is 10.7. The average Bonchev–Trinajstić information content (AvgIpc) is 2.85. The molecule has 0 atom stereocenters. The molecule has 0 spiro atoms. The topological polar surface area (TPSA) is 21.7 Å². The van der Waals surface area contributed by atoms with Gasteiger partial charge >= 0.3 is 0 Å². The van der Waals surface area contributed by atoms with Crippen LogP contribution in [0.2, 0.25) is 0 Å². The van der Waals surface area contributed by atoms with Gasteiger partial charge in [0.15, 0.2) is 0 Å². The van der Waals surface area contributed by atoms with E-state index < -0.39 is 0 Å². The minimum atomic E-state index is 0.774.